The molecular weight excluding hydrogens is 358 g/mol. The molecule has 1 amide bonds. The lowest BCUT2D eigenvalue weighted by atomic mass is 10.2. The van der Waals surface area contributed by atoms with E-state index < -0.39 is 17.5 Å². The van der Waals surface area contributed by atoms with Crippen LogP contribution in [0.3, 0.4) is 0 Å². The molecule has 0 fully saturated rings. The van der Waals surface area contributed by atoms with Crippen LogP contribution in [0.25, 0.3) is 10.2 Å². The standard InChI is InChI=1S/C19H14F2N2O2S/c1-3-9-23-17-14(21)10-12(20)11-16(17)26-19(23)22-18(24)13-7-5-6-8-15(13)25-4-2/h1,5-8,10-11H,4,9H2,2H3. The first kappa shape index (κ1) is 17.8. The average molecular weight is 372 g/mol. The van der Waals surface area contributed by atoms with Gasteiger partial charge in [-0.2, -0.15) is 4.99 Å². The number of aromatic nitrogens is 1. The van der Waals surface area contributed by atoms with Crippen molar-refractivity contribution in [3.63, 3.8) is 0 Å². The van der Waals surface area contributed by atoms with Crippen LogP contribution < -0.4 is 9.54 Å². The van der Waals surface area contributed by atoms with Gasteiger partial charge in [0.15, 0.2) is 10.6 Å². The molecule has 3 aromatic rings. The molecule has 0 spiro atoms. The predicted molar refractivity (Wildman–Crippen MR) is 96.1 cm³/mol. The van der Waals surface area contributed by atoms with Crippen LogP contribution in [0, 0.1) is 24.0 Å². The second-order valence-electron chi connectivity index (χ2n) is 5.26. The SMILES string of the molecule is C#CCn1c(=NC(=O)c2ccccc2OCC)sc2cc(F)cc(F)c21. The fourth-order valence-electron chi connectivity index (χ4n) is 2.52. The minimum atomic E-state index is -0.755. The Kier molecular flexibility index (Phi) is 5.14. The van der Waals surface area contributed by atoms with Gasteiger partial charge in [0.1, 0.15) is 11.6 Å². The van der Waals surface area contributed by atoms with E-state index in [4.69, 9.17) is 11.2 Å². The summed E-state index contributed by atoms with van der Waals surface area (Å²) in [5, 5.41) is 0. The van der Waals surface area contributed by atoms with Crippen molar-refractivity contribution in [2.24, 2.45) is 4.99 Å². The monoisotopic (exact) mass is 372 g/mol. The largest absolute Gasteiger partial charge is 0.493 e. The quantitative estimate of drug-likeness (QED) is 0.655. The highest BCUT2D eigenvalue weighted by Crippen LogP contribution is 2.23. The molecule has 0 atom stereocenters. The van der Waals surface area contributed by atoms with E-state index in [2.05, 4.69) is 10.9 Å². The molecule has 26 heavy (non-hydrogen) atoms. The van der Waals surface area contributed by atoms with Gasteiger partial charge in [-0.25, -0.2) is 8.78 Å². The van der Waals surface area contributed by atoms with Gasteiger partial charge in [-0.3, -0.25) is 4.79 Å². The highest BCUT2D eigenvalue weighted by Gasteiger charge is 2.15. The molecular formula is C19H14F2N2O2S. The molecule has 0 aliphatic rings. The summed E-state index contributed by atoms with van der Waals surface area (Å²) in [4.78, 5) is 16.9. The first-order chi connectivity index (χ1) is 12.5. The van der Waals surface area contributed by atoms with Crippen molar-refractivity contribution in [2.75, 3.05) is 6.61 Å². The van der Waals surface area contributed by atoms with Crippen molar-refractivity contribution < 1.29 is 18.3 Å². The number of fused-ring (bicyclic) bond motifs is 1. The van der Waals surface area contributed by atoms with E-state index in [1.165, 1.54) is 10.6 Å². The molecule has 132 valence electrons. The first-order valence-corrected chi connectivity index (χ1v) is 8.59. The topological polar surface area (TPSA) is 43.6 Å². The van der Waals surface area contributed by atoms with Crippen molar-refractivity contribution >= 4 is 27.5 Å². The lowest BCUT2D eigenvalue weighted by Gasteiger charge is -2.06. The predicted octanol–water partition coefficient (Wildman–Crippen LogP) is 3.75. The van der Waals surface area contributed by atoms with Crippen molar-refractivity contribution in [1.29, 1.82) is 0 Å². The molecule has 3 rings (SSSR count). The zero-order valence-corrected chi connectivity index (χ0v) is 14.6. The van der Waals surface area contributed by atoms with Crippen molar-refractivity contribution in [2.45, 2.75) is 13.5 Å². The number of ether oxygens (including phenoxy) is 1. The zero-order chi connectivity index (χ0) is 18.7. The van der Waals surface area contributed by atoms with Crippen molar-refractivity contribution in [3.05, 3.63) is 58.4 Å². The third kappa shape index (κ3) is 3.37. The Morgan fingerprint density at radius 3 is 2.85 bits per heavy atom. The number of hydrogen-bond donors (Lipinski definition) is 0. The fourth-order valence-corrected chi connectivity index (χ4v) is 3.59. The number of carbonyl (C=O) groups excluding carboxylic acids is 1. The molecule has 0 aliphatic heterocycles. The van der Waals surface area contributed by atoms with Crippen LogP contribution in [0.4, 0.5) is 8.78 Å². The average Bonchev–Trinajstić information content (AvgIpc) is 2.93. The van der Waals surface area contributed by atoms with Gasteiger partial charge in [-0.15, -0.1) is 6.42 Å². The van der Waals surface area contributed by atoms with Crippen molar-refractivity contribution in [3.8, 4) is 18.1 Å². The number of carbonyl (C=O) groups is 1. The summed E-state index contributed by atoms with van der Waals surface area (Å²) in [6.45, 7) is 2.21. The van der Waals surface area contributed by atoms with E-state index in [1.54, 1.807) is 24.3 Å². The number of thiazole rings is 1. The van der Waals surface area contributed by atoms with Gasteiger partial charge in [-0.05, 0) is 25.1 Å². The number of rotatable bonds is 4. The Morgan fingerprint density at radius 1 is 1.35 bits per heavy atom. The van der Waals surface area contributed by atoms with Crippen LogP contribution in [0.5, 0.6) is 5.75 Å². The Balaban J connectivity index is 2.19. The summed E-state index contributed by atoms with van der Waals surface area (Å²) in [6, 6.07) is 8.67. The van der Waals surface area contributed by atoms with Crippen LogP contribution in [-0.2, 0) is 6.54 Å². The molecule has 0 unspecified atom stereocenters. The minimum Gasteiger partial charge on any atom is -0.493 e. The smallest absolute Gasteiger partial charge is 0.283 e. The molecule has 0 saturated carbocycles. The maximum atomic E-state index is 14.2. The van der Waals surface area contributed by atoms with Gasteiger partial charge in [0, 0.05) is 6.07 Å². The van der Waals surface area contributed by atoms with Gasteiger partial charge in [0.05, 0.1) is 28.9 Å². The Bertz CT molecular complexity index is 1090. The third-order valence-electron chi connectivity index (χ3n) is 3.56. The zero-order valence-electron chi connectivity index (χ0n) is 13.8. The van der Waals surface area contributed by atoms with Gasteiger partial charge in [-0.1, -0.05) is 29.4 Å². The van der Waals surface area contributed by atoms with E-state index in [1.807, 2.05) is 6.92 Å². The number of terminal acetylenes is 1. The number of nitrogens with zero attached hydrogens (tertiary/aromatic N) is 2. The molecule has 2 aromatic carbocycles. The van der Waals surface area contributed by atoms with Crippen LogP contribution in [0.15, 0.2) is 41.4 Å². The molecule has 0 N–H and O–H groups in total. The van der Waals surface area contributed by atoms with Gasteiger partial charge < -0.3 is 9.30 Å². The third-order valence-corrected chi connectivity index (χ3v) is 4.58. The summed E-state index contributed by atoms with van der Waals surface area (Å²) in [6.07, 6.45) is 5.36. The number of halogens is 2. The van der Waals surface area contributed by atoms with Crippen LogP contribution >= 0.6 is 11.3 Å². The maximum Gasteiger partial charge on any atom is 0.283 e. The van der Waals surface area contributed by atoms with Gasteiger partial charge in [0.2, 0.25) is 0 Å². The molecule has 0 radical (unpaired) electrons. The molecule has 0 bridgehead atoms. The number of hydrogen-bond acceptors (Lipinski definition) is 3. The van der Waals surface area contributed by atoms with E-state index in [0.717, 1.165) is 17.4 Å². The second-order valence-corrected chi connectivity index (χ2v) is 6.26. The Labute approximate surface area is 152 Å². The first-order valence-electron chi connectivity index (χ1n) is 7.78. The summed E-state index contributed by atoms with van der Waals surface area (Å²) in [5.41, 5.74) is 0.407. The maximum absolute atomic E-state index is 14.2. The highest BCUT2D eigenvalue weighted by molar-refractivity contribution is 7.16. The molecule has 0 saturated heterocycles. The lowest BCUT2D eigenvalue weighted by Crippen LogP contribution is -2.17. The summed E-state index contributed by atoms with van der Waals surface area (Å²) in [5.74, 6) is 0.802. The van der Waals surface area contributed by atoms with Crippen LogP contribution in [0.1, 0.15) is 17.3 Å². The Morgan fingerprint density at radius 2 is 2.12 bits per heavy atom. The molecule has 1 heterocycles. The summed E-state index contributed by atoms with van der Waals surface area (Å²) >= 11 is 0.993. The van der Waals surface area contributed by atoms with Gasteiger partial charge >= 0.3 is 0 Å². The number of benzene rings is 2. The van der Waals surface area contributed by atoms with E-state index >= 15 is 0 Å². The minimum absolute atomic E-state index is 0.00176. The molecule has 4 nitrogen and oxygen atoms in total. The highest BCUT2D eigenvalue weighted by atomic mass is 32.1. The Hall–Kier alpha value is -2.98. The fraction of sp³-hybridized carbons (Fsp3) is 0.158. The van der Waals surface area contributed by atoms with Gasteiger partial charge in [0.25, 0.3) is 5.91 Å². The summed E-state index contributed by atoms with van der Waals surface area (Å²) in [7, 11) is 0. The normalized spacial score (nSPS) is 11.5. The number of amides is 1. The van der Waals surface area contributed by atoms with Crippen LogP contribution in [0.2, 0.25) is 0 Å². The second kappa shape index (κ2) is 7.50. The van der Waals surface area contributed by atoms with E-state index in [0.29, 0.717) is 17.1 Å². The van der Waals surface area contributed by atoms with E-state index in [-0.39, 0.29) is 22.4 Å². The van der Waals surface area contributed by atoms with Crippen LogP contribution in [-0.4, -0.2) is 17.1 Å². The molecule has 1 aromatic heterocycles. The molecule has 0 aliphatic carbocycles. The molecule has 7 heteroatoms. The van der Waals surface area contributed by atoms with E-state index in [9.17, 15) is 13.6 Å². The van der Waals surface area contributed by atoms with Crippen molar-refractivity contribution in [1.82, 2.24) is 4.57 Å². The number of para-hydroxylation sites is 1. The summed E-state index contributed by atoms with van der Waals surface area (Å²) < 4.78 is 34.8. The lowest BCUT2D eigenvalue weighted by molar-refractivity contribution is 0.0994.